The highest BCUT2D eigenvalue weighted by atomic mass is 16.4. The van der Waals surface area contributed by atoms with Gasteiger partial charge < -0.3 is 10.3 Å². The van der Waals surface area contributed by atoms with Gasteiger partial charge in [-0.25, -0.2) is 0 Å². The van der Waals surface area contributed by atoms with Crippen molar-refractivity contribution in [2.24, 2.45) is 56.4 Å². The van der Waals surface area contributed by atoms with Gasteiger partial charge in [-0.05, 0) is 104 Å². The largest absolute Gasteiger partial charge is 0.481 e. The molecule has 0 aromatic rings. The second-order valence-corrected chi connectivity index (χ2v) is 12.6. The Bertz CT molecular complexity index is 778. The Hall–Kier alpha value is -1.06. The van der Waals surface area contributed by atoms with E-state index in [2.05, 4.69) is 32.9 Å². The number of hydrogen-bond donors (Lipinski definition) is 2. The second-order valence-electron chi connectivity index (χ2n) is 12.6. The number of hydrogen-bond acceptors (Lipinski definition) is 3. The summed E-state index contributed by atoms with van der Waals surface area (Å²) in [4.78, 5) is 12.4. The van der Waals surface area contributed by atoms with Gasteiger partial charge in [0.1, 0.15) is 0 Å². The molecule has 0 heterocycles. The van der Waals surface area contributed by atoms with Crippen LogP contribution in [0.3, 0.4) is 0 Å². The zero-order chi connectivity index (χ0) is 21.5. The van der Waals surface area contributed by atoms with E-state index in [0.717, 1.165) is 50.7 Å². The van der Waals surface area contributed by atoms with Crippen LogP contribution in [0.1, 0.15) is 98.3 Å². The van der Waals surface area contributed by atoms with Crippen molar-refractivity contribution in [1.82, 2.24) is 0 Å². The van der Waals surface area contributed by atoms with Crippen molar-refractivity contribution >= 4 is 11.7 Å². The Kier molecular flexibility index (Phi) is 4.50. The Morgan fingerprint density at radius 1 is 0.900 bits per heavy atom. The summed E-state index contributed by atoms with van der Waals surface area (Å²) in [5.41, 5.74) is 1.44. The third-order valence-corrected chi connectivity index (χ3v) is 12.3. The number of nitrogens with zero attached hydrogens (tertiary/aromatic N) is 1. The molecule has 5 rings (SSSR count). The molecule has 5 saturated carbocycles. The summed E-state index contributed by atoms with van der Waals surface area (Å²) >= 11 is 0. The average Bonchev–Trinajstić information content (AvgIpc) is 3.14. The van der Waals surface area contributed by atoms with E-state index in [4.69, 9.17) is 0 Å². The fourth-order valence-electron chi connectivity index (χ4n) is 10.5. The lowest BCUT2D eigenvalue weighted by atomic mass is 9.33. The molecule has 0 amide bonds. The van der Waals surface area contributed by atoms with Crippen LogP contribution in [0.15, 0.2) is 5.16 Å². The highest BCUT2D eigenvalue weighted by Gasteiger charge is 2.69. The number of oxime groups is 1. The van der Waals surface area contributed by atoms with E-state index in [-0.39, 0.29) is 5.41 Å². The van der Waals surface area contributed by atoms with E-state index in [1.807, 2.05) is 0 Å². The molecule has 0 spiro atoms. The van der Waals surface area contributed by atoms with Crippen LogP contribution in [0.2, 0.25) is 0 Å². The molecule has 0 saturated heterocycles. The van der Waals surface area contributed by atoms with Gasteiger partial charge in [0.25, 0.3) is 0 Å². The summed E-state index contributed by atoms with van der Waals surface area (Å²) < 4.78 is 0. The highest BCUT2D eigenvalue weighted by Crippen LogP contribution is 2.75. The summed E-state index contributed by atoms with van der Waals surface area (Å²) in [6, 6.07) is 0. The minimum Gasteiger partial charge on any atom is -0.481 e. The maximum absolute atomic E-state index is 12.4. The standard InChI is InChI=1S/C26H41NO3/c1-16-17-9-13-25(4)21(23(17,2)12-10-20(16)27-30)8-7-18-19-6-5-11-26(19,22(28)29)15-14-24(18,25)3/h16-19,21,30H,5-15H2,1-4H3,(H,28,29)/b27-20+/t16?,17?,18?,19?,21?,23?,24-,25?,26?/m1/s1. The number of rotatable bonds is 1. The van der Waals surface area contributed by atoms with Gasteiger partial charge in [0.05, 0.1) is 11.1 Å². The molecule has 4 heteroatoms. The first-order chi connectivity index (χ1) is 14.1. The Morgan fingerprint density at radius 2 is 1.67 bits per heavy atom. The Morgan fingerprint density at radius 3 is 2.37 bits per heavy atom. The zero-order valence-electron chi connectivity index (χ0n) is 19.4. The van der Waals surface area contributed by atoms with Gasteiger partial charge in [-0.15, -0.1) is 0 Å². The number of carboxylic acid groups (broad SMARTS) is 1. The molecule has 8 unspecified atom stereocenters. The van der Waals surface area contributed by atoms with Crippen molar-refractivity contribution in [2.75, 3.05) is 0 Å². The summed E-state index contributed by atoms with van der Waals surface area (Å²) in [5.74, 6) is 2.14. The third kappa shape index (κ3) is 2.29. The predicted octanol–water partition coefficient (Wildman–Crippen LogP) is 6.37. The Labute approximate surface area is 181 Å². The van der Waals surface area contributed by atoms with Crippen LogP contribution in [-0.2, 0) is 4.79 Å². The molecule has 0 aromatic carbocycles. The molecule has 5 fully saturated rings. The van der Waals surface area contributed by atoms with Crippen LogP contribution in [0.5, 0.6) is 0 Å². The number of fused-ring (bicyclic) bond motifs is 7. The molecule has 168 valence electrons. The maximum Gasteiger partial charge on any atom is 0.309 e. The van der Waals surface area contributed by atoms with Crippen molar-refractivity contribution in [2.45, 2.75) is 98.3 Å². The van der Waals surface area contributed by atoms with E-state index in [9.17, 15) is 15.1 Å². The molecule has 30 heavy (non-hydrogen) atoms. The average molecular weight is 416 g/mol. The number of aliphatic carboxylic acids is 1. The zero-order valence-corrected chi connectivity index (χ0v) is 19.4. The molecule has 0 aromatic heterocycles. The highest BCUT2D eigenvalue weighted by molar-refractivity contribution is 5.87. The lowest BCUT2D eigenvalue weighted by Gasteiger charge is -2.71. The van der Waals surface area contributed by atoms with Crippen LogP contribution in [0.25, 0.3) is 0 Å². The van der Waals surface area contributed by atoms with Crippen molar-refractivity contribution in [3.05, 3.63) is 0 Å². The predicted molar refractivity (Wildman–Crippen MR) is 118 cm³/mol. The van der Waals surface area contributed by atoms with Crippen molar-refractivity contribution in [3.63, 3.8) is 0 Å². The number of carboxylic acids is 1. The minimum absolute atomic E-state index is 0.256. The number of carbonyl (C=O) groups is 1. The van der Waals surface area contributed by atoms with E-state index >= 15 is 0 Å². The molecule has 2 N–H and O–H groups in total. The third-order valence-electron chi connectivity index (χ3n) is 12.3. The first-order valence-electron chi connectivity index (χ1n) is 12.6. The van der Waals surface area contributed by atoms with Crippen LogP contribution in [0.4, 0.5) is 0 Å². The van der Waals surface area contributed by atoms with Gasteiger partial charge in [0.15, 0.2) is 0 Å². The van der Waals surface area contributed by atoms with Gasteiger partial charge in [0, 0.05) is 5.92 Å². The molecule has 9 atom stereocenters. The molecule has 0 aliphatic heterocycles. The quantitative estimate of drug-likeness (QED) is 0.386. The van der Waals surface area contributed by atoms with E-state index < -0.39 is 11.4 Å². The molecule has 5 aliphatic rings. The van der Waals surface area contributed by atoms with E-state index in [0.29, 0.717) is 40.4 Å². The first kappa shape index (κ1) is 20.8. The van der Waals surface area contributed by atoms with Crippen molar-refractivity contribution in [1.29, 1.82) is 0 Å². The van der Waals surface area contributed by atoms with E-state index in [1.54, 1.807) is 0 Å². The van der Waals surface area contributed by atoms with Crippen molar-refractivity contribution in [3.8, 4) is 0 Å². The lowest BCUT2D eigenvalue weighted by molar-refractivity contribution is -0.223. The molecule has 5 aliphatic carbocycles. The van der Waals surface area contributed by atoms with Crippen LogP contribution >= 0.6 is 0 Å². The molecule has 4 nitrogen and oxygen atoms in total. The first-order valence-corrected chi connectivity index (χ1v) is 12.6. The molecular weight excluding hydrogens is 374 g/mol. The summed E-state index contributed by atoms with van der Waals surface area (Å²) in [6.07, 6.45) is 12.1. The Balaban J connectivity index is 1.52. The molecule has 0 bridgehead atoms. The summed E-state index contributed by atoms with van der Waals surface area (Å²) in [7, 11) is 0. The minimum atomic E-state index is -0.507. The van der Waals surface area contributed by atoms with Gasteiger partial charge in [-0.1, -0.05) is 39.3 Å². The van der Waals surface area contributed by atoms with Gasteiger partial charge in [0.2, 0.25) is 0 Å². The maximum atomic E-state index is 12.4. The van der Waals surface area contributed by atoms with Crippen LogP contribution < -0.4 is 0 Å². The van der Waals surface area contributed by atoms with Gasteiger partial charge in [-0.2, -0.15) is 0 Å². The van der Waals surface area contributed by atoms with Gasteiger partial charge in [-0.3, -0.25) is 4.79 Å². The smallest absolute Gasteiger partial charge is 0.309 e. The van der Waals surface area contributed by atoms with E-state index in [1.165, 1.54) is 25.7 Å². The monoisotopic (exact) mass is 415 g/mol. The van der Waals surface area contributed by atoms with Crippen LogP contribution in [0, 0.1) is 51.2 Å². The SMILES string of the molecule is CC1/C(=N/O)CCC2(C)C1CCC1(C)C2CCC2C3CCCC3(C(=O)O)CC[C@]21C. The van der Waals surface area contributed by atoms with Crippen LogP contribution in [-0.4, -0.2) is 22.0 Å². The molecular formula is C26H41NO3. The lowest BCUT2D eigenvalue weighted by Crippen LogP contribution is -2.65. The topological polar surface area (TPSA) is 69.9 Å². The normalized spacial score (nSPS) is 56.5. The molecule has 0 radical (unpaired) electrons. The fraction of sp³-hybridized carbons (Fsp3) is 0.923. The van der Waals surface area contributed by atoms with Gasteiger partial charge >= 0.3 is 5.97 Å². The summed E-state index contributed by atoms with van der Waals surface area (Å²) in [6.45, 7) is 9.99. The second kappa shape index (κ2) is 6.48. The van der Waals surface area contributed by atoms with Crippen molar-refractivity contribution < 1.29 is 15.1 Å². The summed E-state index contributed by atoms with van der Waals surface area (Å²) in [5, 5.41) is 23.4. The fourth-order valence-corrected chi connectivity index (χ4v) is 10.5.